The lowest BCUT2D eigenvalue weighted by atomic mass is 9.63. The number of nitrogens with zero attached hydrogens (tertiary/aromatic N) is 2. The van der Waals surface area contributed by atoms with Crippen LogP contribution in [0.2, 0.25) is 0 Å². The maximum atomic E-state index is 12.1. The van der Waals surface area contributed by atoms with Gasteiger partial charge in [-0.25, -0.2) is 9.79 Å². The molecule has 0 unspecified atom stereocenters. The molecule has 374 valence electrons. The van der Waals surface area contributed by atoms with E-state index in [0.717, 1.165) is 62.0 Å². The van der Waals surface area contributed by atoms with Crippen LogP contribution in [-0.4, -0.2) is 149 Å². The van der Waals surface area contributed by atoms with Gasteiger partial charge in [-0.2, -0.15) is 0 Å². The van der Waals surface area contributed by atoms with Gasteiger partial charge in [0.1, 0.15) is 37.9 Å². The van der Waals surface area contributed by atoms with Crippen LogP contribution >= 0.6 is 0 Å². The molecule has 0 spiro atoms. The number of ether oxygens (including phenoxy) is 10. The van der Waals surface area contributed by atoms with E-state index in [0.29, 0.717) is 85.0 Å². The highest BCUT2D eigenvalue weighted by molar-refractivity contribution is 6.74. The number of carbonyl (C=O) groups is 1. The van der Waals surface area contributed by atoms with Gasteiger partial charge in [0.25, 0.3) is 0 Å². The number of methoxy groups -OCH3 is 4. The number of benzene rings is 3. The molecule has 1 N–H and O–H groups in total. The second-order valence-electron chi connectivity index (χ2n) is 15.8. The summed E-state index contributed by atoms with van der Waals surface area (Å²) in [6.07, 6.45) is 10.1. The van der Waals surface area contributed by atoms with Crippen LogP contribution in [0.5, 0.6) is 11.5 Å². The number of aryl methyl sites for hydroxylation is 1. The Morgan fingerprint density at radius 2 is 1.06 bits per heavy atom. The van der Waals surface area contributed by atoms with Crippen LogP contribution in [0, 0.1) is 30.4 Å². The van der Waals surface area contributed by atoms with Gasteiger partial charge < -0.3 is 57.0 Å². The molecule has 15 heteroatoms. The molecule has 71 heavy (non-hydrogen) atoms. The zero-order valence-electron chi connectivity index (χ0n) is 41.7. The third kappa shape index (κ3) is 18.6. The van der Waals surface area contributed by atoms with Gasteiger partial charge in [0, 0.05) is 45.4 Å². The minimum absolute atomic E-state index is 0.160. The SMILES string of the molecule is COCCOCC#CB(C#CCOCCOC)n1c(/C=C/c2ccc(OCCOCCOC)cc2)cc(C)c1/C(=C1N=C(/C=C/c2ccc(OCCOCCOC)cc2)C=C\1C)c1ccc(C(=O)O)cc1. The second kappa shape index (κ2) is 31.7. The number of carboxylic acid groups (broad SMARTS) is 1. The molecule has 0 radical (unpaired) electrons. The number of rotatable bonds is 30. The summed E-state index contributed by atoms with van der Waals surface area (Å²) < 4.78 is 56.9. The fourth-order valence-electron chi connectivity index (χ4n) is 7.06. The first-order valence-electron chi connectivity index (χ1n) is 23.4. The van der Waals surface area contributed by atoms with Crippen molar-refractivity contribution in [2.24, 2.45) is 4.99 Å². The Morgan fingerprint density at radius 1 is 0.592 bits per heavy atom. The summed E-state index contributed by atoms with van der Waals surface area (Å²) in [5.74, 6) is 13.7. The molecule has 0 atom stereocenters. The highest BCUT2D eigenvalue weighted by atomic mass is 16.5. The quantitative estimate of drug-likeness (QED) is 0.0308. The molecule has 1 aliphatic heterocycles. The van der Waals surface area contributed by atoms with Crippen molar-refractivity contribution >= 4 is 42.3 Å². The molecule has 0 amide bonds. The lowest BCUT2D eigenvalue weighted by Gasteiger charge is -2.19. The van der Waals surface area contributed by atoms with Crippen molar-refractivity contribution < 1.29 is 57.3 Å². The monoisotopic (exact) mass is 968 g/mol. The molecule has 5 rings (SSSR count). The molecule has 2 heterocycles. The standard InChI is InChI=1S/C56H65BN2O12/c1-43-41-49(19-9-45-11-21-51(22-12-45)70-39-37-68-35-31-64-5)58-54(43)53(47-15-17-48(18-16-47)56(60)61)55-44(2)42-50(20-10-46-13-23-52(24-14-46)71-40-38-69-36-32-65-6)59(55)57(25-7-27-66-33-29-62-3)26-8-28-67-34-30-63-4/h9-24,41-42H,27-40H2,1-6H3,(H,60,61)/b19-9+,20-10+,54-53-. The molecule has 0 saturated carbocycles. The predicted molar refractivity (Wildman–Crippen MR) is 279 cm³/mol. The Hall–Kier alpha value is -6.50. The van der Waals surface area contributed by atoms with E-state index in [-0.39, 0.29) is 18.8 Å². The van der Waals surface area contributed by atoms with Gasteiger partial charge in [0.2, 0.25) is 0 Å². The first kappa shape index (κ1) is 55.4. The number of hydrogen-bond donors (Lipinski definition) is 1. The van der Waals surface area contributed by atoms with Gasteiger partial charge in [-0.1, -0.05) is 60.4 Å². The molecule has 14 nitrogen and oxygen atoms in total. The van der Waals surface area contributed by atoms with Gasteiger partial charge in [-0.15, -0.1) is 11.6 Å². The summed E-state index contributed by atoms with van der Waals surface area (Å²) >= 11 is 0. The van der Waals surface area contributed by atoms with E-state index < -0.39 is 12.8 Å². The normalized spacial score (nSPS) is 12.9. The minimum atomic E-state index is -1.02. The molecule has 1 aliphatic rings. The van der Waals surface area contributed by atoms with Crippen LogP contribution < -0.4 is 9.47 Å². The third-order valence-electron chi connectivity index (χ3n) is 10.6. The fraction of sp³-hybridized carbons (Fsp3) is 0.357. The highest BCUT2D eigenvalue weighted by Gasteiger charge is 2.28. The first-order chi connectivity index (χ1) is 34.8. The Bertz CT molecular complexity index is 2530. The van der Waals surface area contributed by atoms with Crippen molar-refractivity contribution in [3.63, 3.8) is 0 Å². The lowest BCUT2D eigenvalue weighted by molar-refractivity contribution is 0.0544. The minimum Gasteiger partial charge on any atom is -0.491 e. The first-order valence-corrected chi connectivity index (χ1v) is 23.4. The fourth-order valence-corrected chi connectivity index (χ4v) is 7.06. The Labute approximate surface area is 418 Å². The van der Waals surface area contributed by atoms with E-state index in [9.17, 15) is 9.90 Å². The average Bonchev–Trinajstić information content (AvgIpc) is 3.92. The van der Waals surface area contributed by atoms with Crippen molar-refractivity contribution in [2.75, 3.05) is 121 Å². The van der Waals surface area contributed by atoms with Crippen LogP contribution in [0.1, 0.15) is 50.9 Å². The van der Waals surface area contributed by atoms with E-state index >= 15 is 0 Å². The molecule has 3 aromatic carbocycles. The van der Waals surface area contributed by atoms with Crippen LogP contribution in [0.3, 0.4) is 0 Å². The van der Waals surface area contributed by atoms with Crippen molar-refractivity contribution in [3.8, 4) is 35.0 Å². The predicted octanol–water partition coefficient (Wildman–Crippen LogP) is 7.87. The third-order valence-corrected chi connectivity index (χ3v) is 10.6. The van der Waals surface area contributed by atoms with Crippen molar-refractivity contribution in [2.45, 2.75) is 13.8 Å². The van der Waals surface area contributed by atoms with Gasteiger partial charge in [0.05, 0.1) is 83.0 Å². The molecule has 0 aliphatic carbocycles. The highest BCUT2D eigenvalue weighted by Crippen LogP contribution is 2.38. The molecule has 0 fully saturated rings. The van der Waals surface area contributed by atoms with E-state index in [1.165, 1.54) is 0 Å². The number of aromatic nitrogens is 1. The van der Waals surface area contributed by atoms with Crippen LogP contribution in [-0.2, 0) is 37.9 Å². The lowest BCUT2D eigenvalue weighted by Crippen LogP contribution is -2.26. The van der Waals surface area contributed by atoms with Crippen molar-refractivity contribution in [1.29, 1.82) is 0 Å². The number of hydrogen-bond acceptors (Lipinski definition) is 12. The van der Waals surface area contributed by atoms with Gasteiger partial charge >= 0.3 is 12.8 Å². The number of aliphatic imine (C=N–C) groups is 1. The number of aromatic carboxylic acids is 1. The Balaban J connectivity index is 1.60. The smallest absolute Gasteiger partial charge is 0.433 e. The largest absolute Gasteiger partial charge is 0.491 e. The summed E-state index contributed by atoms with van der Waals surface area (Å²) in [6, 6.07) is 24.6. The number of allylic oxidation sites excluding steroid dienone is 3. The molecule has 1 aromatic heterocycles. The van der Waals surface area contributed by atoms with E-state index in [1.54, 1.807) is 40.6 Å². The average molecular weight is 969 g/mol. The summed E-state index contributed by atoms with van der Waals surface area (Å²) in [4.78, 5) is 17.4. The zero-order chi connectivity index (χ0) is 50.5. The van der Waals surface area contributed by atoms with E-state index in [1.807, 2.05) is 105 Å². The van der Waals surface area contributed by atoms with Crippen LogP contribution in [0.4, 0.5) is 0 Å². The molecule has 0 bridgehead atoms. The summed E-state index contributed by atoms with van der Waals surface area (Å²) in [7, 11) is 6.52. The maximum Gasteiger partial charge on any atom is 0.433 e. The molecule has 4 aromatic rings. The van der Waals surface area contributed by atoms with Gasteiger partial charge in [0.15, 0.2) is 0 Å². The Kier molecular flexibility index (Phi) is 24.7. The van der Waals surface area contributed by atoms with Gasteiger partial charge in [-0.3, -0.25) is 0 Å². The van der Waals surface area contributed by atoms with Gasteiger partial charge in [-0.05, 0) is 102 Å². The van der Waals surface area contributed by atoms with E-state index in [2.05, 4.69) is 34.0 Å². The Morgan fingerprint density at radius 3 is 1.55 bits per heavy atom. The van der Waals surface area contributed by atoms with Crippen LogP contribution in [0.25, 0.3) is 23.8 Å². The number of carboxylic acids is 1. The van der Waals surface area contributed by atoms with Crippen LogP contribution in [0.15, 0.2) is 107 Å². The topological polar surface area (TPSA) is 147 Å². The summed E-state index contributed by atoms with van der Waals surface area (Å²) in [6.45, 7) is 9.19. The molecular formula is C56H65BN2O12. The summed E-state index contributed by atoms with van der Waals surface area (Å²) in [5.41, 5.74) is 8.51. The van der Waals surface area contributed by atoms with Crippen molar-refractivity contribution in [3.05, 3.63) is 141 Å². The molecule has 0 saturated heterocycles. The second-order valence-corrected chi connectivity index (χ2v) is 15.8. The molecular weight excluding hydrogens is 903 g/mol. The maximum absolute atomic E-state index is 12.1. The summed E-state index contributed by atoms with van der Waals surface area (Å²) in [5, 5.41) is 9.91. The van der Waals surface area contributed by atoms with Crippen molar-refractivity contribution in [1.82, 2.24) is 4.48 Å². The van der Waals surface area contributed by atoms with E-state index in [4.69, 9.17) is 52.4 Å². The zero-order valence-corrected chi connectivity index (χ0v) is 41.7.